The SMILES string of the molecule is C=CCC(C)NC(=O)C1CCCCN1. The highest BCUT2D eigenvalue weighted by Crippen LogP contribution is 2.07. The second-order valence-corrected chi connectivity index (χ2v) is 3.94. The van der Waals surface area contributed by atoms with Crippen LogP contribution in [0.15, 0.2) is 12.7 Å². The molecule has 0 aliphatic carbocycles. The Labute approximate surface area is 86.0 Å². The van der Waals surface area contributed by atoms with Crippen LogP contribution in [0.5, 0.6) is 0 Å². The van der Waals surface area contributed by atoms with Crippen LogP contribution in [0, 0.1) is 0 Å². The van der Waals surface area contributed by atoms with Gasteiger partial charge in [0.15, 0.2) is 0 Å². The van der Waals surface area contributed by atoms with Crippen molar-refractivity contribution in [1.82, 2.24) is 10.6 Å². The number of hydrogen-bond donors (Lipinski definition) is 2. The van der Waals surface area contributed by atoms with E-state index in [1.165, 1.54) is 6.42 Å². The Bertz CT molecular complexity index is 197. The van der Waals surface area contributed by atoms with Crippen LogP contribution >= 0.6 is 0 Å². The molecule has 1 fully saturated rings. The average molecular weight is 196 g/mol. The smallest absolute Gasteiger partial charge is 0.237 e. The number of amides is 1. The van der Waals surface area contributed by atoms with Gasteiger partial charge >= 0.3 is 0 Å². The molecule has 80 valence electrons. The van der Waals surface area contributed by atoms with Crippen LogP contribution in [0.3, 0.4) is 0 Å². The first-order valence-electron chi connectivity index (χ1n) is 5.38. The third-order valence-electron chi connectivity index (χ3n) is 2.54. The van der Waals surface area contributed by atoms with Crippen molar-refractivity contribution >= 4 is 5.91 Å². The van der Waals surface area contributed by atoms with E-state index >= 15 is 0 Å². The Balaban J connectivity index is 2.28. The normalized spacial score (nSPS) is 23.9. The van der Waals surface area contributed by atoms with Gasteiger partial charge in [-0.1, -0.05) is 12.5 Å². The van der Waals surface area contributed by atoms with E-state index in [0.717, 1.165) is 25.8 Å². The summed E-state index contributed by atoms with van der Waals surface area (Å²) in [6, 6.07) is 0.222. The minimum atomic E-state index is 0.0241. The summed E-state index contributed by atoms with van der Waals surface area (Å²) < 4.78 is 0. The van der Waals surface area contributed by atoms with E-state index in [-0.39, 0.29) is 18.0 Å². The Kier molecular flexibility index (Phi) is 4.66. The lowest BCUT2D eigenvalue weighted by atomic mass is 10.0. The van der Waals surface area contributed by atoms with Crippen molar-refractivity contribution in [1.29, 1.82) is 0 Å². The highest BCUT2D eigenvalue weighted by Gasteiger charge is 2.20. The first kappa shape index (κ1) is 11.2. The van der Waals surface area contributed by atoms with Gasteiger partial charge in [-0.05, 0) is 32.7 Å². The fraction of sp³-hybridized carbons (Fsp3) is 0.727. The molecule has 0 saturated carbocycles. The maximum Gasteiger partial charge on any atom is 0.237 e. The highest BCUT2D eigenvalue weighted by atomic mass is 16.2. The molecule has 2 unspecified atom stereocenters. The maximum atomic E-state index is 11.7. The summed E-state index contributed by atoms with van der Waals surface area (Å²) in [5.41, 5.74) is 0. The van der Waals surface area contributed by atoms with Crippen molar-refractivity contribution in [3.8, 4) is 0 Å². The molecule has 0 aromatic heterocycles. The van der Waals surface area contributed by atoms with E-state index in [1.807, 2.05) is 13.0 Å². The largest absolute Gasteiger partial charge is 0.352 e. The van der Waals surface area contributed by atoms with Crippen molar-refractivity contribution in [2.45, 2.75) is 44.7 Å². The van der Waals surface area contributed by atoms with Gasteiger partial charge in [0.05, 0.1) is 6.04 Å². The standard InChI is InChI=1S/C11H20N2O/c1-3-6-9(2)13-11(14)10-7-4-5-8-12-10/h3,9-10,12H,1,4-8H2,2H3,(H,13,14). The predicted molar refractivity (Wildman–Crippen MR) is 58.1 cm³/mol. The van der Waals surface area contributed by atoms with E-state index in [1.54, 1.807) is 0 Å². The number of hydrogen-bond acceptors (Lipinski definition) is 2. The molecule has 1 heterocycles. The van der Waals surface area contributed by atoms with Gasteiger partial charge in [-0.25, -0.2) is 0 Å². The summed E-state index contributed by atoms with van der Waals surface area (Å²) in [5, 5.41) is 6.21. The zero-order valence-electron chi connectivity index (χ0n) is 8.88. The van der Waals surface area contributed by atoms with Crippen LogP contribution in [-0.4, -0.2) is 24.5 Å². The molecule has 1 saturated heterocycles. The zero-order valence-corrected chi connectivity index (χ0v) is 8.88. The topological polar surface area (TPSA) is 41.1 Å². The number of carbonyl (C=O) groups excluding carboxylic acids is 1. The molecule has 1 rings (SSSR count). The molecule has 3 nitrogen and oxygen atoms in total. The number of nitrogens with one attached hydrogen (secondary N) is 2. The lowest BCUT2D eigenvalue weighted by Gasteiger charge is -2.24. The minimum absolute atomic E-state index is 0.0241. The molecule has 3 heteroatoms. The maximum absolute atomic E-state index is 11.7. The third kappa shape index (κ3) is 3.50. The molecule has 1 aliphatic heterocycles. The Morgan fingerprint density at radius 2 is 2.50 bits per heavy atom. The van der Waals surface area contributed by atoms with Gasteiger partial charge in [0.25, 0.3) is 0 Å². The number of piperidine rings is 1. The molecule has 2 N–H and O–H groups in total. The molecule has 1 aliphatic rings. The summed E-state index contributed by atoms with van der Waals surface area (Å²) in [6.07, 6.45) is 5.97. The third-order valence-corrected chi connectivity index (χ3v) is 2.54. The molecule has 2 atom stereocenters. The van der Waals surface area contributed by atoms with Crippen LogP contribution < -0.4 is 10.6 Å². The fourth-order valence-electron chi connectivity index (χ4n) is 1.73. The van der Waals surface area contributed by atoms with E-state index in [9.17, 15) is 4.79 Å². The fourth-order valence-corrected chi connectivity index (χ4v) is 1.73. The summed E-state index contributed by atoms with van der Waals surface area (Å²) in [6.45, 7) is 6.62. The first-order chi connectivity index (χ1) is 6.74. The molecule has 0 bridgehead atoms. The second kappa shape index (κ2) is 5.81. The lowest BCUT2D eigenvalue weighted by molar-refractivity contribution is -0.124. The van der Waals surface area contributed by atoms with Crippen LogP contribution in [0.2, 0.25) is 0 Å². The minimum Gasteiger partial charge on any atom is -0.352 e. The number of carbonyl (C=O) groups is 1. The molecular formula is C11H20N2O. The molecule has 0 spiro atoms. The molecule has 14 heavy (non-hydrogen) atoms. The van der Waals surface area contributed by atoms with Gasteiger partial charge in [0.2, 0.25) is 5.91 Å². The van der Waals surface area contributed by atoms with Crippen molar-refractivity contribution < 1.29 is 4.79 Å². The average Bonchev–Trinajstić information content (AvgIpc) is 2.19. The van der Waals surface area contributed by atoms with Crippen molar-refractivity contribution in [3.63, 3.8) is 0 Å². The first-order valence-corrected chi connectivity index (χ1v) is 5.38. The van der Waals surface area contributed by atoms with Crippen LogP contribution in [0.25, 0.3) is 0 Å². The molecular weight excluding hydrogens is 176 g/mol. The van der Waals surface area contributed by atoms with E-state index in [2.05, 4.69) is 17.2 Å². The number of rotatable bonds is 4. The molecule has 0 aromatic carbocycles. The van der Waals surface area contributed by atoms with E-state index in [0.29, 0.717) is 0 Å². The Morgan fingerprint density at radius 3 is 3.07 bits per heavy atom. The van der Waals surface area contributed by atoms with Gasteiger partial charge in [-0.2, -0.15) is 0 Å². The molecule has 0 aromatic rings. The van der Waals surface area contributed by atoms with Gasteiger partial charge in [0, 0.05) is 6.04 Å². The van der Waals surface area contributed by atoms with E-state index < -0.39 is 0 Å². The van der Waals surface area contributed by atoms with Crippen molar-refractivity contribution in [3.05, 3.63) is 12.7 Å². The van der Waals surface area contributed by atoms with Gasteiger partial charge in [0.1, 0.15) is 0 Å². The summed E-state index contributed by atoms with van der Waals surface area (Å²) in [5.74, 6) is 0.138. The van der Waals surface area contributed by atoms with Gasteiger partial charge < -0.3 is 10.6 Å². The quantitative estimate of drug-likeness (QED) is 0.664. The van der Waals surface area contributed by atoms with Crippen LogP contribution in [0.4, 0.5) is 0 Å². The molecule has 1 amide bonds. The Morgan fingerprint density at radius 1 is 1.71 bits per heavy atom. The second-order valence-electron chi connectivity index (χ2n) is 3.94. The predicted octanol–water partition coefficient (Wildman–Crippen LogP) is 1.21. The van der Waals surface area contributed by atoms with Gasteiger partial charge in [-0.15, -0.1) is 6.58 Å². The summed E-state index contributed by atoms with van der Waals surface area (Å²) in [7, 11) is 0. The van der Waals surface area contributed by atoms with Gasteiger partial charge in [-0.3, -0.25) is 4.79 Å². The van der Waals surface area contributed by atoms with Crippen LogP contribution in [-0.2, 0) is 4.79 Å². The monoisotopic (exact) mass is 196 g/mol. The van der Waals surface area contributed by atoms with Crippen molar-refractivity contribution in [2.24, 2.45) is 0 Å². The Hall–Kier alpha value is -0.830. The zero-order chi connectivity index (χ0) is 10.4. The van der Waals surface area contributed by atoms with E-state index in [4.69, 9.17) is 0 Å². The lowest BCUT2D eigenvalue weighted by Crippen LogP contribution is -2.48. The summed E-state index contributed by atoms with van der Waals surface area (Å²) >= 11 is 0. The highest BCUT2D eigenvalue weighted by molar-refractivity contribution is 5.82. The summed E-state index contributed by atoms with van der Waals surface area (Å²) in [4.78, 5) is 11.7. The van der Waals surface area contributed by atoms with Crippen LogP contribution in [0.1, 0.15) is 32.6 Å². The van der Waals surface area contributed by atoms with Crippen molar-refractivity contribution in [2.75, 3.05) is 6.54 Å². The molecule has 0 radical (unpaired) electrons.